The lowest BCUT2D eigenvalue weighted by molar-refractivity contribution is 0.192. The van der Waals surface area contributed by atoms with Crippen LogP contribution in [-0.2, 0) is 11.2 Å². The summed E-state index contributed by atoms with van der Waals surface area (Å²) in [5.74, 6) is 1.64. The smallest absolute Gasteiger partial charge is 0.269 e. The molecule has 2 aromatic heterocycles. The molecule has 3 heterocycles. The van der Waals surface area contributed by atoms with Gasteiger partial charge in [-0.15, -0.1) is 11.3 Å². The van der Waals surface area contributed by atoms with Crippen LogP contribution in [0.5, 0.6) is 0 Å². The number of thiazole rings is 1. The van der Waals surface area contributed by atoms with E-state index in [2.05, 4.69) is 22.0 Å². The second-order valence-corrected chi connectivity index (χ2v) is 5.58. The van der Waals surface area contributed by atoms with Crippen molar-refractivity contribution in [1.82, 2.24) is 15.1 Å². The molecule has 6 heteroatoms. The highest BCUT2D eigenvalue weighted by atomic mass is 32.1. The summed E-state index contributed by atoms with van der Waals surface area (Å²) in [5.41, 5.74) is 1.04. The Labute approximate surface area is 109 Å². The highest BCUT2D eigenvalue weighted by Crippen LogP contribution is 2.31. The first-order chi connectivity index (χ1) is 8.78. The van der Waals surface area contributed by atoms with E-state index in [1.165, 1.54) is 0 Å². The minimum Gasteiger partial charge on any atom is -0.381 e. The lowest BCUT2D eigenvalue weighted by atomic mass is 10.1. The lowest BCUT2D eigenvalue weighted by Gasteiger charge is -1.97. The summed E-state index contributed by atoms with van der Waals surface area (Å²) < 4.78 is 10.7. The van der Waals surface area contributed by atoms with E-state index < -0.39 is 0 Å². The average molecular weight is 265 g/mol. The van der Waals surface area contributed by atoms with Crippen molar-refractivity contribution >= 4 is 11.3 Å². The predicted octanol–water partition coefficient (Wildman–Crippen LogP) is 2.57. The molecule has 96 valence electrons. The fraction of sp³-hybridized carbons (Fsp3) is 0.583. The Morgan fingerprint density at radius 2 is 2.28 bits per heavy atom. The molecular formula is C12H15N3O2S. The molecular weight excluding hydrogens is 250 g/mol. The van der Waals surface area contributed by atoms with Gasteiger partial charge in [0.25, 0.3) is 5.89 Å². The molecule has 1 atom stereocenters. The molecule has 0 bridgehead atoms. The molecule has 0 spiro atoms. The van der Waals surface area contributed by atoms with E-state index >= 15 is 0 Å². The van der Waals surface area contributed by atoms with Gasteiger partial charge < -0.3 is 9.26 Å². The van der Waals surface area contributed by atoms with Crippen molar-refractivity contribution in [3.05, 3.63) is 16.5 Å². The number of nitrogens with zero attached hydrogens (tertiary/aromatic N) is 3. The van der Waals surface area contributed by atoms with Gasteiger partial charge in [-0.2, -0.15) is 4.98 Å². The number of aromatic nitrogens is 3. The second-order valence-electron chi connectivity index (χ2n) is 4.38. The van der Waals surface area contributed by atoms with Gasteiger partial charge in [0.1, 0.15) is 4.88 Å². The Bertz CT molecular complexity index is 543. The van der Waals surface area contributed by atoms with E-state index in [9.17, 15) is 0 Å². The van der Waals surface area contributed by atoms with Gasteiger partial charge in [-0.05, 0) is 19.8 Å². The molecule has 0 N–H and O–H groups in total. The van der Waals surface area contributed by atoms with Crippen LogP contribution >= 0.6 is 11.3 Å². The third kappa shape index (κ3) is 2.06. The maximum atomic E-state index is 5.37. The summed E-state index contributed by atoms with van der Waals surface area (Å²) in [5, 5.41) is 5.11. The molecule has 0 radical (unpaired) electrons. The normalized spacial score (nSPS) is 19.6. The predicted molar refractivity (Wildman–Crippen MR) is 67.7 cm³/mol. The summed E-state index contributed by atoms with van der Waals surface area (Å²) in [6.45, 7) is 5.56. The number of rotatable bonds is 3. The van der Waals surface area contributed by atoms with Crippen LogP contribution in [-0.4, -0.2) is 28.3 Å². The molecule has 0 aromatic carbocycles. The van der Waals surface area contributed by atoms with Crippen molar-refractivity contribution in [3.8, 4) is 10.8 Å². The lowest BCUT2D eigenvalue weighted by Crippen LogP contribution is -1.99. The van der Waals surface area contributed by atoms with Gasteiger partial charge in [0.2, 0.25) is 0 Å². The molecule has 18 heavy (non-hydrogen) atoms. The first-order valence-electron chi connectivity index (χ1n) is 6.16. The zero-order chi connectivity index (χ0) is 12.5. The van der Waals surface area contributed by atoms with Crippen LogP contribution in [0.4, 0.5) is 0 Å². The van der Waals surface area contributed by atoms with E-state index in [0.29, 0.717) is 12.5 Å². The molecule has 3 rings (SSSR count). The summed E-state index contributed by atoms with van der Waals surface area (Å²) in [4.78, 5) is 9.98. The number of hydrogen-bond donors (Lipinski definition) is 0. The molecule has 2 aromatic rings. The Morgan fingerprint density at radius 1 is 1.39 bits per heavy atom. The SMILES string of the molecule is CCc1nc(C)sc1-c1nc(C2CCOC2)no1. The zero-order valence-corrected chi connectivity index (χ0v) is 11.3. The van der Waals surface area contributed by atoms with Crippen LogP contribution in [0.2, 0.25) is 0 Å². The highest BCUT2D eigenvalue weighted by Gasteiger charge is 2.24. The second kappa shape index (κ2) is 4.78. The summed E-state index contributed by atoms with van der Waals surface area (Å²) in [6, 6.07) is 0. The number of hydrogen-bond acceptors (Lipinski definition) is 6. The van der Waals surface area contributed by atoms with E-state index in [1.807, 2.05) is 6.92 Å². The molecule has 1 aliphatic heterocycles. The van der Waals surface area contributed by atoms with Crippen molar-refractivity contribution in [2.45, 2.75) is 32.6 Å². The summed E-state index contributed by atoms with van der Waals surface area (Å²) in [6.07, 6.45) is 1.85. The van der Waals surface area contributed by atoms with E-state index in [-0.39, 0.29) is 5.92 Å². The molecule has 5 nitrogen and oxygen atoms in total. The third-order valence-electron chi connectivity index (χ3n) is 3.07. The van der Waals surface area contributed by atoms with Gasteiger partial charge in [0.05, 0.1) is 17.3 Å². The Balaban J connectivity index is 1.92. The Hall–Kier alpha value is -1.27. The number of ether oxygens (including phenoxy) is 1. The minimum atomic E-state index is 0.279. The quantitative estimate of drug-likeness (QED) is 0.853. The minimum absolute atomic E-state index is 0.279. The number of aryl methyl sites for hydroxylation is 2. The van der Waals surface area contributed by atoms with Crippen LogP contribution in [0.1, 0.15) is 35.8 Å². The van der Waals surface area contributed by atoms with Crippen LogP contribution in [0.15, 0.2) is 4.52 Å². The van der Waals surface area contributed by atoms with Crippen molar-refractivity contribution < 1.29 is 9.26 Å². The zero-order valence-electron chi connectivity index (χ0n) is 10.5. The topological polar surface area (TPSA) is 61.0 Å². The van der Waals surface area contributed by atoms with Crippen LogP contribution in [0.25, 0.3) is 10.8 Å². The van der Waals surface area contributed by atoms with Gasteiger partial charge in [-0.3, -0.25) is 0 Å². The molecule has 1 unspecified atom stereocenters. The molecule has 1 saturated heterocycles. The van der Waals surface area contributed by atoms with E-state index in [0.717, 1.165) is 40.9 Å². The first kappa shape index (κ1) is 11.8. The van der Waals surface area contributed by atoms with Crippen molar-refractivity contribution in [2.24, 2.45) is 0 Å². The standard InChI is InChI=1S/C12H15N3O2S/c1-3-9-10(18-7(2)13-9)12-14-11(15-17-12)8-4-5-16-6-8/h8H,3-6H2,1-2H3. The average Bonchev–Trinajstić information content (AvgIpc) is 3.08. The maximum Gasteiger partial charge on any atom is 0.269 e. The van der Waals surface area contributed by atoms with Gasteiger partial charge >= 0.3 is 0 Å². The van der Waals surface area contributed by atoms with Gasteiger partial charge in [-0.25, -0.2) is 4.98 Å². The van der Waals surface area contributed by atoms with Gasteiger partial charge in [0, 0.05) is 12.5 Å². The first-order valence-corrected chi connectivity index (χ1v) is 6.97. The molecule has 1 aliphatic rings. The van der Waals surface area contributed by atoms with Gasteiger partial charge in [0.15, 0.2) is 5.82 Å². The molecule has 0 amide bonds. The fourth-order valence-corrected chi connectivity index (χ4v) is 3.04. The van der Waals surface area contributed by atoms with Crippen LogP contribution in [0, 0.1) is 6.92 Å². The summed E-state index contributed by atoms with van der Waals surface area (Å²) >= 11 is 1.61. The van der Waals surface area contributed by atoms with Gasteiger partial charge in [-0.1, -0.05) is 12.1 Å². The van der Waals surface area contributed by atoms with Crippen molar-refractivity contribution in [1.29, 1.82) is 0 Å². The summed E-state index contributed by atoms with van der Waals surface area (Å²) in [7, 11) is 0. The van der Waals surface area contributed by atoms with Crippen LogP contribution < -0.4 is 0 Å². The van der Waals surface area contributed by atoms with Crippen molar-refractivity contribution in [2.75, 3.05) is 13.2 Å². The fourth-order valence-electron chi connectivity index (χ4n) is 2.11. The van der Waals surface area contributed by atoms with Crippen LogP contribution in [0.3, 0.4) is 0 Å². The molecule has 1 fully saturated rings. The Morgan fingerprint density at radius 3 is 3.00 bits per heavy atom. The molecule has 0 saturated carbocycles. The Kier molecular flexibility index (Phi) is 3.13. The highest BCUT2D eigenvalue weighted by molar-refractivity contribution is 7.15. The monoisotopic (exact) mass is 265 g/mol. The largest absolute Gasteiger partial charge is 0.381 e. The van der Waals surface area contributed by atoms with E-state index in [4.69, 9.17) is 9.26 Å². The molecule has 0 aliphatic carbocycles. The van der Waals surface area contributed by atoms with Crippen molar-refractivity contribution in [3.63, 3.8) is 0 Å². The van der Waals surface area contributed by atoms with E-state index in [1.54, 1.807) is 11.3 Å². The maximum absolute atomic E-state index is 5.37. The third-order valence-corrected chi connectivity index (χ3v) is 4.07.